The molecular weight excluding hydrogens is 378 g/mol. The Labute approximate surface area is 163 Å². The molecular formula is C21H19NO3S2. The highest BCUT2D eigenvalue weighted by Crippen LogP contribution is 2.31. The molecule has 0 aliphatic rings. The van der Waals surface area contributed by atoms with E-state index in [9.17, 15) is 13.2 Å². The number of amides is 1. The number of hydrogen-bond donors (Lipinski definition) is 1. The third-order valence-corrected chi connectivity index (χ3v) is 7.54. The summed E-state index contributed by atoms with van der Waals surface area (Å²) < 4.78 is 26.4. The van der Waals surface area contributed by atoms with Crippen molar-refractivity contribution < 1.29 is 13.2 Å². The zero-order valence-electron chi connectivity index (χ0n) is 14.5. The third-order valence-electron chi connectivity index (χ3n) is 4.01. The van der Waals surface area contributed by atoms with Crippen molar-refractivity contribution in [1.29, 1.82) is 0 Å². The minimum Gasteiger partial charge on any atom is -0.351 e. The molecule has 0 aliphatic carbocycles. The molecule has 4 nitrogen and oxygen atoms in total. The van der Waals surface area contributed by atoms with Crippen molar-refractivity contribution in [2.45, 2.75) is 9.46 Å². The van der Waals surface area contributed by atoms with Crippen LogP contribution in [0.4, 0.5) is 0 Å². The molecule has 2 aromatic carbocycles. The number of carbonyl (C=O) groups is 1. The number of hydrogen-bond acceptors (Lipinski definition) is 4. The van der Waals surface area contributed by atoms with E-state index < -0.39 is 15.1 Å². The molecule has 3 rings (SSSR count). The van der Waals surface area contributed by atoms with E-state index in [0.29, 0.717) is 9.77 Å². The average Bonchev–Trinajstić information content (AvgIpc) is 3.24. The fourth-order valence-corrected chi connectivity index (χ4v) is 5.50. The Morgan fingerprint density at radius 1 is 0.963 bits per heavy atom. The van der Waals surface area contributed by atoms with Gasteiger partial charge in [-0.1, -0.05) is 66.7 Å². The van der Waals surface area contributed by atoms with Gasteiger partial charge in [0.2, 0.25) is 5.91 Å². The van der Waals surface area contributed by atoms with Crippen molar-refractivity contribution in [1.82, 2.24) is 5.32 Å². The fraction of sp³-hybridized carbons (Fsp3) is 0.0952. The summed E-state index contributed by atoms with van der Waals surface area (Å²) in [5.41, 5.74) is 1.55. The number of carbonyl (C=O) groups excluding carboxylic acids is 1. The lowest BCUT2D eigenvalue weighted by Crippen LogP contribution is -2.30. The molecule has 0 radical (unpaired) electrons. The maximum Gasteiger partial charge on any atom is 0.244 e. The van der Waals surface area contributed by atoms with Gasteiger partial charge >= 0.3 is 0 Å². The van der Waals surface area contributed by atoms with E-state index in [4.69, 9.17) is 0 Å². The van der Waals surface area contributed by atoms with Gasteiger partial charge in [0.1, 0.15) is 9.46 Å². The molecule has 0 fully saturated rings. The van der Waals surface area contributed by atoms with Gasteiger partial charge in [0.25, 0.3) is 0 Å². The molecule has 27 heavy (non-hydrogen) atoms. The van der Waals surface area contributed by atoms with Gasteiger partial charge in [-0.3, -0.25) is 4.79 Å². The monoisotopic (exact) mass is 397 g/mol. The second-order valence-corrected chi connectivity index (χ2v) is 9.17. The normalized spacial score (nSPS) is 12.7. The molecule has 1 aromatic heterocycles. The van der Waals surface area contributed by atoms with E-state index in [1.807, 2.05) is 36.4 Å². The van der Waals surface area contributed by atoms with Crippen LogP contribution in [0.3, 0.4) is 0 Å². The highest BCUT2D eigenvalue weighted by Gasteiger charge is 2.30. The van der Waals surface area contributed by atoms with Crippen molar-refractivity contribution in [3.8, 4) is 0 Å². The van der Waals surface area contributed by atoms with Gasteiger partial charge in [0.15, 0.2) is 9.84 Å². The largest absolute Gasteiger partial charge is 0.351 e. The van der Waals surface area contributed by atoms with E-state index in [1.54, 1.807) is 47.9 Å². The highest BCUT2D eigenvalue weighted by molar-refractivity contribution is 7.93. The molecule has 0 bridgehead atoms. The lowest BCUT2D eigenvalue weighted by atomic mass is 10.1. The van der Waals surface area contributed by atoms with Crippen LogP contribution in [0.25, 0.3) is 6.08 Å². The molecule has 1 amide bonds. The number of thiophene rings is 1. The Balaban J connectivity index is 1.77. The zero-order chi connectivity index (χ0) is 19.1. The number of rotatable bonds is 7. The van der Waals surface area contributed by atoms with Gasteiger partial charge in [-0.25, -0.2) is 8.42 Å². The smallest absolute Gasteiger partial charge is 0.244 e. The topological polar surface area (TPSA) is 63.2 Å². The fourth-order valence-electron chi connectivity index (χ4n) is 2.63. The quantitative estimate of drug-likeness (QED) is 0.611. The van der Waals surface area contributed by atoms with Crippen molar-refractivity contribution >= 4 is 33.2 Å². The zero-order valence-corrected chi connectivity index (χ0v) is 16.1. The van der Waals surface area contributed by atoms with E-state index in [0.717, 1.165) is 5.56 Å². The molecule has 0 spiro atoms. The summed E-state index contributed by atoms with van der Waals surface area (Å²) in [5.74, 6) is -0.332. The second-order valence-electron chi connectivity index (χ2n) is 5.87. The molecule has 0 saturated heterocycles. The molecule has 6 heteroatoms. The predicted octanol–water partition coefficient (Wildman–Crippen LogP) is 4.09. The number of sulfone groups is 1. The molecule has 1 heterocycles. The first-order valence-corrected chi connectivity index (χ1v) is 10.8. The summed E-state index contributed by atoms with van der Waals surface area (Å²) in [6, 6.07) is 21.7. The van der Waals surface area contributed by atoms with Gasteiger partial charge < -0.3 is 5.32 Å². The second kappa shape index (κ2) is 8.79. The summed E-state index contributed by atoms with van der Waals surface area (Å²) >= 11 is 1.18. The third kappa shape index (κ3) is 4.93. The summed E-state index contributed by atoms with van der Waals surface area (Å²) in [6.07, 6.45) is 3.11. The van der Waals surface area contributed by atoms with Gasteiger partial charge in [-0.05, 0) is 28.6 Å². The first-order chi connectivity index (χ1) is 13.1. The van der Waals surface area contributed by atoms with Crippen molar-refractivity contribution in [3.63, 3.8) is 0 Å². The highest BCUT2D eigenvalue weighted by atomic mass is 32.2. The van der Waals surface area contributed by atoms with Crippen molar-refractivity contribution in [3.05, 3.63) is 95.4 Å². The molecule has 0 unspecified atom stereocenters. The maximum atomic E-state index is 13.0. The van der Waals surface area contributed by atoms with Crippen LogP contribution in [0.2, 0.25) is 0 Å². The van der Waals surface area contributed by atoms with Crippen LogP contribution in [0, 0.1) is 0 Å². The summed E-state index contributed by atoms with van der Waals surface area (Å²) in [4.78, 5) is 12.2. The molecule has 1 N–H and O–H groups in total. The number of nitrogens with one attached hydrogen (secondary N) is 1. The Hall–Kier alpha value is -2.70. The lowest BCUT2D eigenvalue weighted by molar-refractivity contribution is -0.116. The SMILES string of the molecule is O=C(/C=C/c1ccccc1)NC[C@@H](c1ccccc1)S(=O)(=O)c1cccs1. The van der Waals surface area contributed by atoms with Crippen LogP contribution >= 0.6 is 11.3 Å². The Morgan fingerprint density at radius 3 is 2.26 bits per heavy atom. The number of benzene rings is 2. The standard InChI is InChI=1S/C21H19NO3S2/c23-20(14-13-17-8-3-1-4-9-17)22-16-19(18-10-5-2-6-11-18)27(24,25)21-12-7-15-26-21/h1-15,19H,16H2,(H,22,23)/b14-13+/t19-/m0/s1. The van der Waals surface area contributed by atoms with Gasteiger partial charge in [0, 0.05) is 12.6 Å². The maximum absolute atomic E-state index is 13.0. The Kier molecular flexibility index (Phi) is 6.21. The summed E-state index contributed by atoms with van der Waals surface area (Å²) in [7, 11) is -3.59. The van der Waals surface area contributed by atoms with Gasteiger partial charge in [-0.15, -0.1) is 11.3 Å². The minimum absolute atomic E-state index is 0.00219. The average molecular weight is 398 g/mol. The first-order valence-electron chi connectivity index (χ1n) is 8.40. The van der Waals surface area contributed by atoms with Gasteiger partial charge in [-0.2, -0.15) is 0 Å². The van der Waals surface area contributed by atoms with Crippen LogP contribution in [0.15, 0.2) is 88.5 Å². The Morgan fingerprint density at radius 2 is 1.63 bits per heavy atom. The molecule has 0 saturated carbocycles. The first kappa shape index (κ1) is 19.1. The minimum atomic E-state index is -3.59. The van der Waals surface area contributed by atoms with Crippen molar-refractivity contribution in [2.24, 2.45) is 0 Å². The molecule has 1 atom stereocenters. The summed E-state index contributed by atoms with van der Waals surface area (Å²) in [5, 5.41) is 3.61. The van der Waals surface area contributed by atoms with Gasteiger partial charge in [0.05, 0.1) is 0 Å². The van der Waals surface area contributed by atoms with E-state index in [1.165, 1.54) is 17.4 Å². The van der Waals surface area contributed by atoms with E-state index in [2.05, 4.69) is 5.32 Å². The van der Waals surface area contributed by atoms with E-state index in [-0.39, 0.29) is 12.5 Å². The predicted molar refractivity (Wildman–Crippen MR) is 109 cm³/mol. The van der Waals surface area contributed by atoms with Crippen LogP contribution in [0.5, 0.6) is 0 Å². The van der Waals surface area contributed by atoms with Crippen LogP contribution in [-0.4, -0.2) is 20.9 Å². The van der Waals surface area contributed by atoms with Crippen LogP contribution in [-0.2, 0) is 14.6 Å². The lowest BCUT2D eigenvalue weighted by Gasteiger charge is -2.17. The van der Waals surface area contributed by atoms with Crippen LogP contribution in [0.1, 0.15) is 16.4 Å². The molecule has 0 aliphatic heterocycles. The Bertz CT molecular complexity index is 996. The van der Waals surface area contributed by atoms with E-state index >= 15 is 0 Å². The van der Waals surface area contributed by atoms with Crippen molar-refractivity contribution in [2.75, 3.05) is 6.54 Å². The van der Waals surface area contributed by atoms with Crippen LogP contribution < -0.4 is 5.32 Å². The summed E-state index contributed by atoms with van der Waals surface area (Å²) in [6.45, 7) is 0.00219. The molecule has 3 aromatic rings. The molecule has 138 valence electrons.